The summed E-state index contributed by atoms with van der Waals surface area (Å²) in [4.78, 5) is 0. The van der Waals surface area contributed by atoms with E-state index in [1.807, 2.05) is 68.4 Å². The summed E-state index contributed by atoms with van der Waals surface area (Å²) in [6.07, 6.45) is -1.46. The van der Waals surface area contributed by atoms with Gasteiger partial charge in [0.25, 0.3) is 0 Å². The summed E-state index contributed by atoms with van der Waals surface area (Å²) in [5.74, 6) is 0.0839. The average molecular weight is 415 g/mol. The molecule has 0 amide bonds. The van der Waals surface area contributed by atoms with E-state index >= 15 is 0 Å². The monoisotopic (exact) mass is 414 g/mol. The minimum absolute atomic E-state index is 0.180. The topological polar surface area (TPSA) is 84.2 Å². The van der Waals surface area contributed by atoms with Crippen molar-refractivity contribution in [1.29, 1.82) is 0 Å². The van der Waals surface area contributed by atoms with E-state index in [1.165, 1.54) is 0 Å². The first-order chi connectivity index (χ1) is 14.5. The van der Waals surface area contributed by atoms with Crippen LogP contribution in [0.15, 0.2) is 54.6 Å². The van der Waals surface area contributed by atoms with Crippen LogP contribution in [0.2, 0.25) is 0 Å². The van der Waals surface area contributed by atoms with Crippen LogP contribution in [-0.4, -0.2) is 50.1 Å². The number of methoxy groups -OCH3 is 1. The number of hydrogen-bond acceptors (Lipinski definition) is 7. The summed E-state index contributed by atoms with van der Waals surface area (Å²) < 4.78 is 29.9. The number of nitrogens with one attached hydrogen (secondary N) is 1. The van der Waals surface area contributed by atoms with Gasteiger partial charge >= 0.3 is 0 Å². The van der Waals surface area contributed by atoms with E-state index < -0.39 is 12.1 Å². The predicted octanol–water partition coefficient (Wildman–Crippen LogP) is 2.90. The van der Waals surface area contributed by atoms with E-state index in [0.717, 1.165) is 17.0 Å². The van der Waals surface area contributed by atoms with Crippen molar-refractivity contribution in [3.8, 4) is 5.75 Å². The highest BCUT2D eigenvalue weighted by Gasteiger charge is 2.57. The second kappa shape index (κ2) is 8.91. The molecule has 7 heteroatoms. The molecule has 0 bridgehead atoms. The highest BCUT2D eigenvalue weighted by molar-refractivity contribution is 5.47. The number of rotatable bonds is 8. The van der Waals surface area contributed by atoms with E-state index in [0.29, 0.717) is 13.2 Å². The Hall–Kier alpha value is -2.16. The van der Waals surface area contributed by atoms with Gasteiger partial charge in [0.1, 0.15) is 24.1 Å². The van der Waals surface area contributed by atoms with Gasteiger partial charge in [-0.2, -0.15) is 0 Å². The predicted molar refractivity (Wildman–Crippen MR) is 113 cm³/mol. The second-order valence-corrected chi connectivity index (χ2v) is 8.05. The molecule has 0 radical (unpaired) electrons. The maximum atomic E-state index is 6.32. The Labute approximate surface area is 177 Å². The van der Waals surface area contributed by atoms with Gasteiger partial charge in [0.05, 0.1) is 19.8 Å². The Kier molecular flexibility index (Phi) is 6.26. The minimum atomic E-state index is -0.712. The standard InChI is InChI=1S/C23H30N2O5/c1-23(2)29-21-20(27-14-15-7-5-4-6-8-15)19(28-22(21)30-23)18(13-24)25-16-9-11-17(26-3)12-10-16/h4-12,18-22,25H,13-14,24H2,1-3H3/t18-,19-,20+,21-,22-/m1/s1. The first-order valence-corrected chi connectivity index (χ1v) is 10.3. The van der Waals surface area contributed by atoms with Gasteiger partial charge in [-0.3, -0.25) is 0 Å². The van der Waals surface area contributed by atoms with E-state index in [2.05, 4.69) is 5.32 Å². The van der Waals surface area contributed by atoms with Gasteiger partial charge in [0.15, 0.2) is 12.1 Å². The van der Waals surface area contributed by atoms with Gasteiger partial charge in [-0.15, -0.1) is 0 Å². The number of benzene rings is 2. The quantitative estimate of drug-likeness (QED) is 0.687. The molecule has 0 aliphatic carbocycles. The lowest BCUT2D eigenvalue weighted by molar-refractivity contribution is -0.220. The molecule has 2 fully saturated rings. The molecule has 5 atom stereocenters. The number of anilines is 1. The van der Waals surface area contributed by atoms with Gasteiger partial charge in [0.2, 0.25) is 0 Å². The summed E-state index contributed by atoms with van der Waals surface area (Å²) >= 11 is 0. The van der Waals surface area contributed by atoms with E-state index in [9.17, 15) is 0 Å². The molecule has 4 rings (SSSR count). The molecule has 0 aromatic heterocycles. The zero-order valence-corrected chi connectivity index (χ0v) is 17.6. The van der Waals surface area contributed by atoms with E-state index in [1.54, 1.807) is 7.11 Å². The molecular formula is C23H30N2O5. The van der Waals surface area contributed by atoms with Gasteiger partial charge in [0, 0.05) is 12.2 Å². The molecule has 2 aliphatic heterocycles. The molecule has 2 aromatic carbocycles. The Bertz CT molecular complexity index is 814. The molecule has 0 saturated carbocycles. The zero-order chi connectivity index (χ0) is 21.1. The normalized spacial score (nSPS) is 28.1. The molecule has 2 aromatic rings. The first-order valence-electron chi connectivity index (χ1n) is 10.3. The van der Waals surface area contributed by atoms with E-state index in [-0.39, 0.29) is 24.4 Å². The molecular weight excluding hydrogens is 384 g/mol. The molecule has 2 aliphatic rings. The Morgan fingerprint density at radius 2 is 1.80 bits per heavy atom. The minimum Gasteiger partial charge on any atom is -0.497 e. The second-order valence-electron chi connectivity index (χ2n) is 8.05. The highest BCUT2D eigenvalue weighted by atomic mass is 16.8. The third-order valence-corrected chi connectivity index (χ3v) is 5.40. The summed E-state index contributed by atoms with van der Waals surface area (Å²) in [6.45, 7) is 4.59. The van der Waals surface area contributed by atoms with Crippen LogP contribution >= 0.6 is 0 Å². The summed E-state index contributed by atoms with van der Waals surface area (Å²) in [7, 11) is 1.65. The molecule has 30 heavy (non-hydrogen) atoms. The summed E-state index contributed by atoms with van der Waals surface area (Å²) in [5.41, 5.74) is 8.14. The van der Waals surface area contributed by atoms with Crippen molar-refractivity contribution >= 4 is 5.69 Å². The van der Waals surface area contributed by atoms with Crippen molar-refractivity contribution in [3.05, 3.63) is 60.2 Å². The number of hydrogen-bond donors (Lipinski definition) is 2. The number of ether oxygens (including phenoxy) is 5. The lowest BCUT2D eigenvalue weighted by Gasteiger charge is -2.31. The van der Waals surface area contributed by atoms with E-state index in [4.69, 9.17) is 29.4 Å². The molecule has 2 saturated heterocycles. The third-order valence-electron chi connectivity index (χ3n) is 5.40. The Morgan fingerprint density at radius 1 is 1.07 bits per heavy atom. The fourth-order valence-electron chi connectivity index (χ4n) is 3.96. The van der Waals surface area contributed by atoms with Crippen LogP contribution < -0.4 is 15.8 Å². The molecule has 162 valence electrons. The van der Waals surface area contributed by atoms with Crippen LogP contribution in [-0.2, 0) is 25.6 Å². The van der Waals surface area contributed by atoms with Crippen molar-refractivity contribution in [2.45, 2.75) is 56.9 Å². The maximum absolute atomic E-state index is 6.32. The molecule has 7 nitrogen and oxygen atoms in total. The fraction of sp³-hybridized carbons (Fsp3) is 0.478. The third kappa shape index (κ3) is 4.61. The zero-order valence-electron chi connectivity index (χ0n) is 17.6. The molecule has 3 N–H and O–H groups in total. The van der Waals surface area contributed by atoms with Crippen molar-refractivity contribution < 1.29 is 23.7 Å². The first kappa shape index (κ1) is 21.1. The van der Waals surface area contributed by atoms with Crippen LogP contribution in [0.1, 0.15) is 19.4 Å². The van der Waals surface area contributed by atoms with Crippen LogP contribution in [0.5, 0.6) is 5.75 Å². The Morgan fingerprint density at radius 3 is 2.47 bits per heavy atom. The van der Waals surface area contributed by atoms with Crippen molar-refractivity contribution in [3.63, 3.8) is 0 Å². The molecule has 0 unspecified atom stereocenters. The Balaban J connectivity index is 1.50. The average Bonchev–Trinajstić information content (AvgIpc) is 3.23. The van der Waals surface area contributed by atoms with Crippen LogP contribution in [0, 0.1) is 0 Å². The highest BCUT2D eigenvalue weighted by Crippen LogP contribution is 2.40. The fourth-order valence-corrected chi connectivity index (χ4v) is 3.96. The molecule has 0 spiro atoms. The van der Waals surface area contributed by atoms with Crippen LogP contribution in [0.3, 0.4) is 0 Å². The maximum Gasteiger partial charge on any atom is 0.190 e. The summed E-state index contributed by atoms with van der Waals surface area (Å²) in [6, 6.07) is 17.6. The number of nitrogens with two attached hydrogens (primary N) is 1. The van der Waals surface area contributed by atoms with Crippen molar-refractivity contribution in [2.24, 2.45) is 5.73 Å². The van der Waals surface area contributed by atoms with Gasteiger partial charge in [-0.1, -0.05) is 30.3 Å². The van der Waals surface area contributed by atoms with Crippen molar-refractivity contribution in [1.82, 2.24) is 0 Å². The molecule has 2 heterocycles. The van der Waals surface area contributed by atoms with Gasteiger partial charge < -0.3 is 34.7 Å². The lowest BCUT2D eigenvalue weighted by atomic mass is 10.0. The van der Waals surface area contributed by atoms with Crippen LogP contribution in [0.4, 0.5) is 5.69 Å². The van der Waals surface area contributed by atoms with Crippen LogP contribution in [0.25, 0.3) is 0 Å². The summed E-state index contributed by atoms with van der Waals surface area (Å²) in [5, 5.41) is 3.46. The van der Waals surface area contributed by atoms with Gasteiger partial charge in [-0.05, 0) is 43.7 Å². The lowest BCUT2D eigenvalue weighted by Crippen LogP contribution is -2.49. The van der Waals surface area contributed by atoms with Crippen molar-refractivity contribution in [2.75, 3.05) is 19.0 Å². The SMILES string of the molecule is COc1ccc(N[C@H](CN)[C@H]2O[C@@H]3OC(C)(C)O[C@@H]3[C@H]2OCc2ccccc2)cc1. The van der Waals surface area contributed by atoms with Gasteiger partial charge in [-0.25, -0.2) is 0 Å². The number of fused-ring (bicyclic) bond motifs is 1. The smallest absolute Gasteiger partial charge is 0.190 e. The largest absolute Gasteiger partial charge is 0.497 e.